The fourth-order valence-corrected chi connectivity index (χ4v) is 2.81. The summed E-state index contributed by atoms with van der Waals surface area (Å²) in [6.45, 7) is 4.06. The first-order valence-corrected chi connectivity index (χ1v) is 9.08. The lowest BCUT2D eigenvalue weighted by Crippen LogP contribution is -2.44. The maximum absolute atomic E-state index is 12.6. The molecule has 2 aromatic rings. The van der Waals surface area contributed by atoms with Gasteiger partial charge >= 0.3 is 5.97 Å². The molecule has 0 fully saturated rings. The van der Waals surface area contributed by atoms with E-state index in [9.17, 15) is 14.7 Å². The Morgan fingerprint density at radius 3 is 2.30 bits per heavy atom. The zero-order chi connectivity index (χ0) is 20.0. The summed E-state index contributed by atoms with van der Waals surface area (Å²) in [6, 6.07) is 5.39. The molecule has 1 aromatic carbocycles. The molecule has 8 heteroatoms. The fourth-order valence-electron chi connectivity index (χ4n) is 2.27. The van der Waals surface area contributed by atoms with Gasteiger partial charge in [0.15, 0.2) is 0 Å². The van der Waals surface area contributed by atoms with E-state index in [4.69, 9.17) is 27.9 Å². The topological polar surface area (TPSA) is 88.5 Å². The Morgan fingerprint density at radius 1 is 1.15 bits per heavy atom. The van der Waals surface area contributed by atoms with E-state index in [1.54, 1.807) is 12.1 Å². The minimum absolute atomic E-state index is 0.0423. The van der Waals surface area contributed by atoms with Crippen LogP contribution in [0.15, 0.2) is 36.7 Å². The number of benzene rings is 1. The Morgan fingerprint density at radius 2 is 1.74 bits per heavy atom. The van der Waals surface area contributed by atoms with Gasteiger partial charge in [0.2, 0.25) is 0 Å². The van der Waals surface area contributed by atoms with Gasteiger partial charge in [-0.05, 0) is 23.6 Å². The van der Waals surface area contributed by atoms with Gasteiger partial charge in [-0.25, -0.2) is 4.79 Å². The van der Waals surface area contributed by atoms with Crippen LogP contribution in [0.4, 0.5) is 0 Å². The van der Waals surface area contributed by atoms with Crippen LogP contribution in [0.2, 0.25) is 10.0 Å². The second kappa shape index (κ2) is 9.58. The molecule has 2 N–H and O–H groups in total. The summed E-state index contributed by atoms with van der Waals surface area (Å²) >= 11 is 12.0. The molecular formula is C19H20Cl2N2O4. The quantitative estimate of drug-likeness (QED) is 0.680. The van der Waals surface area contributed by atoms with Crippen molar-refractivity contribution in [3.63, 3.8) is 0 Å². The van der Waals surface area contributed by atoms with Crippen LogP contribution >= 0.6 is 23.2 Å². The van der Waals surface area contributed by atoms with Gasteiger partial charge in [0.25, 0.3) is 5.91 Å². The number of aromatic hydroxyl groups is 1. The van der Waals surface area contributed by atoms with Crippen molar-refractivity contribution in [3.8, 4) is 5.75 Å². The summed E-state index contributed by atoms with van der Waals surface area (Å²) < 4.78 is 5.28. The number of nitrogens with zero attached hydrogens (tertiary/aromatic N) is 1. The lowest BCUT2D eigenvalue weighted by Gasteiger charge is -2.19. The minimum atomic E-state index is -0.943. The molecule has 0 unspecified atom stereocenters. The van der Waals surface area contributed by atoms with Crippen LogP contribution in [-0.4, -0.2) is 34.6 Å². The molecular weight excluding hydrogens is 391 g/mol. The maximum Gasteiger partial charge on any atom is 0.329 e. The Kier molecular flexibility index (Phi) is 7.45. The molecule has 0 spiro atoms. The van der Waals surface area contributed by atoms with E-state index in [0.29, 0.717) is 0 Å². The standard InChI is InChI=1S/C19H20Cl2N2O4/c1-11(2)10-27-19(26)16(7-12-3-5-13(24)6-4-12)23-18(25)17-14(20)8-22-9-15(17)21/h3-6,8-9,11,16,24H,7,10H2,1-2H3,(H,23,25)/t16-/m0/s1. The Balaban J connectivity index is 2.21. The highest BCUT2D eigenvalue weighted by Gasteiger charge is 2.26. The van der Waals surface area contributed by atoms with E-state index in [1.165, 1.54) is 24.5 Å². The van der Waals surface area contributed by atoms with E-state index >= 15 is 0 Å². The second-order valence-corrected chi connectivity index (χ2v) is 7.21. The third-order valence-corrected chi connectivity index (χ3v) is 4.18. The maximum atomic E-state index is 12.6. The summed E-state index contributed by atoms with van der Waals surface area (Å²) in [4.78, 5) is 28.9. The highest BCUT2D eigenvalue weighted by Crippen LogP contribution is 2.23. The van der Waals surface area contributed by atoms with Crippen molar-refractivity contribution in [1.29, 1.82) is 0 Å². The highest BCUT2D eigenvalue weighted by molar-refractivity contribution is 6.39. The molecule has 6 nitrogen and oxygen atoms in total. The largest absolute Gasteiger partial charge is 0.508 e. The SMILES string of the molecule is CC(C)COC(=O)[C@H](Cc1ccc(O)cc1)NC(=O)c1c(Cl)cncc1Cl. The number of phenols is 1. The first-order valence-electron chi connectivity index (χ1n) is 8.32. The Labute approximate surface area is 167 Å². The number of nitrogens with one attached hydrogen (secondary N) is 1. The van der Waals surface area contributed by atoms with Crippen molar-refractivity contribution in [1.82, 2.24) is 10.3 Å². The van der Waals surface area contributed by atoms with Crippen LogP contribution < -0.4 is 5.32 Å². The molecule has 0 saturated carbocycles. The number of phenolic OH excluding ortho intramolecular Hbond substituents is 1. The third-order valence-electron chi connectivity index (χ3n) is 3.61. The molecule has 27 heavy (non-hydrogen) atoms. The van der Waals surface area contributed by atoms with Gasteiger partial charge in [0.1, 0.15) is 11.8 Å². The van der Waals surface area contributed by atoms with E-state index in [1.807, 2.05) is 13.8 Å². The van der Waals surface area contributed by atoms with Crippen LogP contribution in [0, 0.1) is 5.92 Å². The van der Waals surface area contributed by atoms with Crippen molar-refractivity contribution in [2.45, 2.75) is 26.3 Å². The number of amides is 1. The van der Waals surface area contributed by atoms with Crippen molar-refractivity contribution >= 4 is 35.1 Å². The van der Waals surface area contributed by atoms with Crippen LogP contribution in [0.5, 0.6) is 5.75 Å². The summed E-state index contributed by atoms with van der Waals surface area (Å²) in [5, 5.41) is 12.2. The summed E-state index contributed by atoms with van der Waals surface area (Å²) in [7, 11) is 0. The molecule has 0 aliphatic carbocycles. The number of aromatic nitrogens is 1. The molecule has 2 rings (SSSR count). The number of halogens is 2. The molecule has 0 radical (unpaired) electrons. The van der Waals surface area contributed by atoms with Gasteiger partial charge in [-0.1, -0.05) is 49.2 Å². The van der Waals surface area contributed by atoms with Gasteiger partial charge in [0.05, 0.1) is 22.2 Å². The van der Waals surface area contributed by atoms with E-state index in [2.05, 4.69) is 10.3 Å². The minimum Gasteiger partial charge on any atom is -0.508 e. The van der Waals surface area contributed by atoms with Gasteiger partial charge in [-0.2, -0.15) is 0 Å². The number of esters is 1. The molecule has 1 atom stereocenters. The monoisotopic (exact) mass is 410 g/mol. The number of hydrogen-bond donors (Lipinski definition) is 2. The zero-order valence-corrected chi connectivity index (χ0v) is 16.4. The number of hydrogen-bond acceptors (Lipinski definition) is 5. The fraction of sp³-hybridized carbons (Fsp3) is 0.316. The first kappa shape index (κ1) is 21.0. The number of ether oxygens (including phenoxy) is 1. The third kappa shape index (κ3) is 6.12. The average molecular weight is 411 g/mol. The van der Waals surface area contributed by atoms with Crippen molar-refractivity contribution < 1.29 is 19.4 Å². The highest BCUT2D eigenvalue weighted by atomic mass is 35.5. The van der Waals surface area contributed by atoms with Gasteiger partial charge in [-0.15, -0.1) is 0 Å². The van der Waals surface area contributed by atoms with Crippen LogP contribution in [0.25, 0.3) is 0 Å². The molecule has 0 aliphatic heterocycles. The number of carbonyl (C=O) groups excluding carboxylic acids is 2. The molecule has 1 heterocycles. The predicted octanol–water partition coefficient (Wildman–Crippen LogP) is 3.63. The van der Waals surface area contributed by atoms with E-state index in [0.717, 1.165) is 5.56 Å². The average Bonchev–Trinajstić information content (AvgIpc) is 2.60. The Hall–Kier alpha value is -2.31. The molecule has 0 saturated heterocycles. The van der Waals surface area contributed by atoms with Crippen LogP contribution in [-0.2, 0) is 16.0 Å². The predicted molar refractivity (Wildman–Crippen MR) is 103 cm³/mol. The zero-order valence-electron chi connectivity index (χ0n) is 14.9. The molecule has 1 amide bonds. The first-order chi connectivity index (χ1) is 12.8. The van der Waals surface area contributed by atoms with E-state index in [-0.39, 0.29) is 40.3 Å². The number of carbonyl (C=O) groups is 2. The van der Waals surface area contributed by atoms with Gasteiger partial charge in [-0.3, -0.25) is 9.78 Å². The number of pyridine rings is 1. The summed E-state index contributed by atoms with van der Waals surface area (Å²) in [5.74, 6) is -0.899. The van der Waals surface area contributed by atoms with Gasteiger partial charge in [0, 0.05) is 18.8 Å². The van der Waals surface area contributed by atoms with E-state index < -0.39 is 17.9 Å². The Bertz CT molecular complexity index is 790. The lowest BCUT2D eigenvalue weighted by atomic mass is 10.1. The van der Waals surface area contributed by atoms with Crippen molar-refractivity contribution in [3.05, 3.63) is 57.8 Å². The molecule has 144 valence electrons. The second-order valence-electron chi connectivity index (χ2n) is 6.40. The van der Waals surface area contributed by atoms with Crippen molar-refractivity contribution in [2.75, 3.05) is 6.61 Å². The number of rotatable bonds is 7. The van der Waals surface area contributed by atoms with Crippen LogP contribution in [0.3, 0.4) is 0 Å². The van der Waals surface area contributed by atoms with Crippen LogP contribution in [0.1, 0.15) is 29.8 Å². The van der Waals surface area contributed by atoms with Crippen molar-refractivity contribution in [2.24, 2.45) is 5.92 Å². The smallest absolute Gasteiger partial charge is 0.329 e. The molecule has 1 aromatic heterocycles. The van der Waals surface area contributed by atoms with Gasteiger partial charge < -0.3 is 15.2 Å². The normalized spacial score (nSPS) is 11.9. The molecule has 0 aliphatic rings. The molecule has 0 bridgehead atoms. The lowest BCUT2D eigenvalue weighted by molar-refractivity contribution is -0.147. The summed E-state index contributed by atoms with van der Waals surface area (Å²) in [6.07, 6.45) is 2.78. The summed E-state index contributed by atoms with van der Waals surface area (Å²) in [5.41, 5.74) is 0.784.